The van der Waals surface area contributed by atoms with Crippen LogP contribution in [0.2, 0.25) is 0 Å². The summed E-state index contributed by atoms with van der Waals surface area (Å²) in [7, 11) is -4.94. The normalized spacial score (nSPS) is 36.5. The van der Waals surface area contributed by atoms with Crippen molar-refractivity contribution in [2.45, 2.75) is 30.6 Å². The number of rotatable bonds is 4. The first-order valence-electron chi connectivity index (χ1n) is 6.46. The standard InChI is InChI=1S/C10H13N4O8P/c15-1-4-6(16)7(22-23(18,19)20)10(21-4)14-3-13-5-8(14)11-2-12-9(5)17/h2-7,10,15-16H,1H2,(H2,18,19,20)/t4-,5?,6-,7-,10-/m1/s1. The van der Waals surface area contributed by atoms with E-state index in [1.165, 1.54) is 11.2 Å². The van der Waals surface area contributed by atoms with Crippen molar-refractivity contribution in [2.24, 2.45) is 15.0 Å². The molecule has 3 rings (SSSR count). The van der Waals surface area contributed by atoms with Crippen molar-refractivity contribution in [1.82, 2.24) is 4.90 Å². The predicted molar refractivity (Wildman–Crippen MR) is 73.7 cm³/mol. The van der Waals surface area contributed by atoms with Gasteiger partial charge in [-0.25, -0.2) is 9.56 Å². The van der Waals surface area contributed by atoms with Gasteiger partial charge in [0.2, 0.25) is 0 Å². The number of hydrogen-bond acceptors (Lipinski definition) is 9. The van der Waals surface area contributed by atoms with Crippen LogP contribution >= 0.6 is 7.82 Å². The molecule has 23 heavy (non-hydrogen) atoms. The number of carbonyl (C=O) groups excluding carboxylic acids is 1. The molecule has 4 N–H and O–H groups in total. The third-order valence-corrected chi connectivity index (χ3v) is 4.00. The minimum Gasteiger partial charge on any atom is -0.394 e. The van der Waals surface area contributed by atoms with E-state index in [1.54, 1.807) is 0 Å². The van der Waals surface area contributed by atoms with E-state index in [0.29, 0.717) is 0 Å². The van der Waals surface area contributed by atoms with Crippen molar-refractivity contribution in [1.29, 1.82) is 0 Å². The number of amides is 1. The van der Waals surface area contributed by atoms with Crippen molar-refractivity contribution in [3.05, 3.63) is 0 Å². The average Bonchev–Trinajstić information content (AvgIpc) is 3.01. The number of fused-ring (bicyclic) bond motifs is 1. The van der Waals surface area contributed by atoms with Gasteiger partial charge >= 0.3 is 7.82 Å². The van der Waals surface area contributed by atoms with Gasteiger partial charge in [-0.2, -0.15) is 4.99 Å². The highest BCUT2D eigenvalue weighted by atomic mass is 31.2. The highest BCUT2D eigenvalue weighted by molar-refractivity contribution is 7.46. The lowest BCUT2D eigenvalue weighted by Crippen LogP contribution is -2.49. The van der Waals surface area contributed by atoms with Crippen molar-refractivity contribution in [3.63, 3.8) is 0 Å². The second-order valence-corrected chi connectivity index (χ2v) is 6.14. The molecule has 0 aromatic carbocycles. The van der Waals surface area contributed by atoms with Crippen molar-refractivity contribution < 1.29 is 38.6 Å². The number of aliphatic hydroxyl groups is 2. The van der Waals surface area contributed by atoms with Gasteiger partial charge in [0.25, 0.3) is 5.91 Å². The summed E-state index contributed by atoms with van der Waals surface area (Å²) in [6.07, 6.45) is -3.15. The van der Waals surface area contributed by atoms with Gasteiger partial charge in [-0.15, -0.1) is 0 Å². The second-order valence-electron chi connectivity index (χ2n) is 4.94. The summed E-state index contributed by atoms with van der Waals surface area (Å²) < 4.78 is 21.1. The van der Waals surface area contributed by atoms with Crippen molar-refractivity contribution >= 4 is 32.2 Å². The van der Waals surface area contributed by atoms with Crippen LogP contribution in [0.1, 0.15) is 0 Å². The largest absolute Gasteiger partial charge is 0.470 e. The minimum atomic E-state index is -4.94. The number of ether oxygens (including phenoxy) is 1. The number of nitrogens with zero attached hydrogens (tertiary/aromatic N) is 4. The van der Waals surface area contributed by atoms with Crippen LogP contribution in [-0.2, 0) is 18.6 Å². The molecule has 3 aliphatic heterocycles. The molecular formula is C10H13N4O8P. The zero-order chi connectivity index (χ0) is 16.8. The molecular weight excluding hydrogens is 335 g/mol. The Kier molecular flexibility index (Phi) is 4.14. The third-order valence-electron chi connectivity index (χ3n) is 3.48. The number of hydrogen-bond donors (Lipinski definition) is 4. The van der Waals surface area contributed by atoms with Gasteiger partial charge in [-0.05, 0) is 0 Å². The molecule has 3 heterocycles. The van der Waals surface area contributed by atoms with Gasteiger partial charge in [0.1, 0.15) is 30.5 Å². The lowest BCUT2D eigenvalue weighted by Gasteiger charge is -2.29. The smallest absolute Gasteiger partial charge is 0.394 e. The Morgan fingerprint density at radius 3 is 2.83 bits per heavy atom. The van der Waals surface area contributed by atoms with E-state index in [0.717, 1.165) is 6.34 Å². The number of phosphoric ester groups is 1. The topological polar surface area (TPSA) is 174 Å². The van der Waals surface area contributed by atoms with E-state index in [4.69, 9.17) is 14.5 Å². The number of aliphatic hydroxyl groups excluding tert-OH is 2. The summed E-state index contributed by atoms with van der Waals surface area (Å²) >= 11 is 0. The van der Waals surface area contributed by atoms with Gasteiger partial charge in [-0.1, -0.05) is 0 Å². The SMILES string of the molecule is O=C1N=CN=C2C1N=CN2[C@@H]1O[C@H](CO)[C@@H](O)[C@H]1OP(=O)(O)O. The summed E-state index contributed by atoms with van der Waals surface area (Å²) in [5, 5.41) is 19.2. The zero-order valence-corrected chi connectivity index (χ0v) is 12.3. The molecule has 126 valence electrons. The van der Waals surface area contributed by atoms with E-state index in [-0.39, 0.29) is 5.84 Å². The maximum absolute atomic E-state index is 11.6. The van der Waals surface area contributed by atoms with Crippen LogP contribution in [-0.4, -0.2) is 86.5 Å². The summed E-state index contributed by atoms with van der Waals surface area (Å²) in [6, 6.07) is -0.982. The van der Waals surface area contributed by atoms with Crippen LogP contribution in [0, 0.1) is 0 Å². The van der Waals surface area contributed by atoms with E-state index in [2.05, 4.69) is 19.5 Å². The average molecular weight is 348 g/mol. The van der Waals surface area contributed by atoms with Crippen molar-refractivity contribution in [3.8, 4) is 0 Å². The molecule has 1 fully saturated rings. The maximum Gasteiger partial charge on any atom is 0.470 e. The molecule has 12 nitrogen and oxygen atoms in total. The highest BCUT2D eigenvalue weighted by Gasteiger charge is 2.52. The molecule has 1 amide bonds. The van der Waals surface area contributed by atoms with E-state index in [9.17, 15) is 19.6 Å². The quantitative estimate of drug-likeness (QED) is 0.392. The Morgan fingerprint density at radius 2 is 2.17 bits per heavy atom. The first-order valence-corrected chi connectivity index (χ1v) is 7.99. The molecule has 5 atom stereocenters. The van der Waals surface area contributed by atoms with E-state index < -0.39 is 50.9 Å². The molecule has 0 radical (unpaired) electrons. The predicted octanol–water partition coefficient (Wildman–Crippen LogP) is -2.78. The second kappa shape index (κ2) is 5.83. The Balaban J connectivity index is 1.89. The van der Waals surface area contributed by atoms with E-state index in [1.807, 2.05) is 0 Å². The number of phosphoric acid groups is 1. The summed E-state index contributed by atoms with van der Waals surface area (Å²) in [6.45, 7) is -0.597. The van der Waals surface area contributed by atoms with Crippen molar-refractivity contribution in [2.75, 3.05) is 6.61 Å². The fourth-order valence-corrected chi connectivity index (χ4v) is 3.04. The molecule has 0 aromatic rings. The molecule has 13 heteroatoms. The van der Waals surface area contributed by atoms with Crippen LogP contribution in [0.3, 0.4) is 0 Å². The van der Waals surface area contributed by atoms with Crippen LogP contribution in [0.25, 0.3) is 0 Å². The molecule has 1 saturated heterocycles. The van der Waals surface area contributed by atoms with Gasteiger partial charge in [0.05, 0.1) is 12.9 Å². The first kappa shape index (κ1) is 16.3. The zero-order valence-electron chi connectivity index (χ0n) is 11.4. The van der Waals surface area contributed by atoms with Crippen LogP contribution < -0.4 is 0 Å². The summed E-state index contributed by atoms with van der Waals surface area (Å²) in [5.74, 6) is -0.432. The van der Waals surface area contributed by atoms with Crippen LogP contribution in [0.15, 0.2) is 15.0 Å². The monoisotopic (exact) mass is 348 g/mol. The highest BCUT2D eigenvalue weighted by Crippen LogP contribution is 2.42. The van der Waals surface area contributed by atoms with Gasteiger partial charge in [0.15, 0.2) is 12.3 Å². The Morgan fingerprint density at radius 1 is 1.43 bits per heavy atom. The molecule has 0 bridgehead atoms. The fourth-order valence-electron chi connectivity index (χ4n) is 2.49. The Hall–Kier alpha value is -1.53. The van der Waals surface area contributed by atoms with Crippen LogP contribution in [0.4, 0.5) is 0 Å². The first-order chi connectivity index (χ1) is 10.8. The number of aliphatic imine (C=N–C) groups is 3. The maximum atomic E-state index is 11.6. The molecule has 0 aliphatic carbocycles. The van der Waals surface area contributed by atoms with Gasteiger partial charge in [0, 0.05) is 0 Å². The number of carbonyl (C=O) groups is 1. The fraction of sp³-hybridized carbons (Fsp3) is 0.600. The lowest BCUT2D eigenvalue weighted by molar-refractivity contribution is -0.117. The lowest BCUT2D eigenvalue weighted by atomic mass is 10.1. The molecule has 0 aromatic heterocycles. The third kappa shape index (κ3) is 2.97. The van der Waals surface area contributed by atoms with Gasteiger partial charge in [-0.3, -0.25) is 19.2 Å². The number of amidine groups is 1. The summed E-state index contributed by atoms with van der Waals surface area (Å²) in [5.41, 5.74) is 0. The molecule has 3 aliphatic rings. The molecule has 1 unspecified atom stereocenters. The van der Waals surface area contributed by atoms with Crippen LogP contribution in [0.5, 0.6) is 0 Å². The van der Waals surface area contributed by atoms with E-state index >= 15 is 0 Å². The van der Waals surface area contributed by atoms with Gasteiger partial charge < -0.3 is 24.7 Å². The molecule has 0 spiro atoms. The Bertz CT molecular complexity index is 645. The molecule has 0 saturated carbocycles. The summed E-state index contributed by atoms with van der Waals surface area (Å²) in [4.78, 5) is 42.1. The minimum absolute atomic E-state index is 0.125. The Labute approximate surface area is 129 Å².